The maximum atomic E-state index is 10.1. The topological polar surface area (TPSA) is 23.5 Å². The molecule has 1 aliphatic heterocycles. The maximum absolute atomic E-state index is 10.1. The van der Waals surface area contributed by atoms with Crippen LogP contribution in [-0.4, -0.2) is 34.2 Å². The van der Waals surface area contributed by atoms with Crippen LogP contribution in [0.1, 0.15) is 71.6 Å². The Bertz CT molecular complexity index is 306. The van der Waals surface area contributed by atoms with Gasteiger partial charge in [0.25, 0.3) is 0 Å². The number of rotatable bonds is 1. The molecule has 1 spiro atoms. The summed E-state index contributed by atoms with van der Waals surface area (Å²) in [5.74, 6) is 0. The summed E-state index contributed by atoms with van der Waals surface area (Å²) in [6.45, 7) is 6.07. The molecule has 0 bridgehead atoms. The van der Waals surface area contributed by atoms with Crippen LogP contribution in [0.25, 0.3) is 0 Å². The van der Waals surface area contributed by atoms with Crippen molar-refractivity contribution in [1.29, 1.82) is 0 Å². The van der Waals surface area contributed by atoms with Crippen molar-refractivity contribution >= 4 is 0 Å². The Morgan fingerprint density at radius 2 is 1.72 bits per heavy atom. The van der Waals surface area contributed by atoms with Crippen LogP contribution in [0.4, 0.5) is 0 Å². The number of likely N-dealkylation sites (tertiary alicyclic amines) is 1. The highest BCUT2D eigenvalue weighted by Gasteiger charge is 2.50. The number of hydrogen-bond donors (Lipinski definition) is 1. The molecule has 2 saturated carbocycles. The van der Waals surface area contributed by atoms with Gasteiger partial charge in [-0.1, -0.05) is 12.8 Å². The minimum Gasteiger partial charge on any atom is -0.393 e. The molecule has 104 valence electrons. The van der Waals surface area contributed by atoms with Gasteiger partial charge in [-0.05, 0) is 70.8 Å². The van der Waals surface area contributed by atoms with Gasteiger partial charge in [0.2, 0.25) is 0 Å². The fourth-order valence-electron chi connectivity index (χ4n) is 5.07. The second-order valence-electron chi connectivity index (χ2n) is 7.62. The molecule has 1 saturated heterocycles. The van der Waals surface area contributed by atoms with Gasteiger partial charge in [0.1, 0.15) is 0 Å². The summed E-state index contributed by atoms with van der Waals surface area (Å²) in [4.78, 5) is 2.76. The van der Waals surface area contributed by atoms with Crippen molar-refractivity contribution in [1.82, 2.24) is 4.90 Å². The largest absolute Gasteiger partial charge is 0.393 e. The van der Waals surface area contributed by atoms with Crippen LogP contribution in [0, 0.1) is 5.41 Å². The van der Waals surface area contributed by atoms with E-state index in [1.807, 2.05) is 0 Å². The van der Waals surface area contributed by atoms with Crippen molar-refractivity contribution < 1.29 is 5.11 Å². The molecule has 0 amide bonds. The summed E-state index contributed by atoms with van der Waals surface area (Å²) in [6.07, 6.45) is 11.6. The van der Waals surface area contributed by atoms with E-state index in [0.29, 0.717) is 17.0 Å². The predicted octanol–water partition coefficient (Wildman–Crippen LogP) is 3.33. The molecular formula is C16H29NO. The van der Waals surface area contributed by atoms with Gasteiger partial charge < -0.3 is 5.11 Å². The lowest BCUT2D eigenvalue weighted by atomic mass is 9.67. The molecule has 1 heterocycles. The zero-order valence-electron chi connectivity index (χ0n) is 12.1. The highest BCUT2D eigenvalue weighted by molar-refractivity contribution is 5.04. The fourth-order valence-corrected chi connectivity index (χ4v) is 5.07. The minimum atomic E-state index is -0.0439. The van der Waals surface area contributed by atoms with Crippen LogP contribution in [0.5, 0.6) is 0 Å². The molecule has 1 N–H and O–H groups in total. The van der Waals surface area contributed by atoms with Crippen LogP contribution in [-0.2, 0) is 0 Å². The third-order valence-electron chi connectivity index (χ3n) is 6.12. The Morgan fingerprint density at radius 1 is 1.00 bits per heavy atom. The lowest BCUT2D eigenvalue weighted by molar-refractivity contribution is -0.0484. The predicted molar refractivity (Wildman–Crippen MR) is 74.6 cm³/mol. The van der Waals surface area contributed by atoms with Crippen molar-refractivity contribution in [2.75, 3.05) is 6.54 Å². The zero-order valence-corrected chi connectivity index (χ0v) is 12.1. The van der Waals surface area contributed by atoms with Gasteiger partial charge in [0.15, 0.2) is 0 Å². The quantitative estimate of drug-likeness (QED) is 0.772. The smallest absolute Gasteiger partial charge is 0.0555 e. The van der Waals surface area contributed by atoms with Gasteiger partial charge in [-0.25, -0.2) is 0 Å². The molecule has 2 atom stereocenters. The minimum absolute atomic E-state index is 0.0439. The van der Waals surface area contributed by atoms with Crippen LogP contribution in [0.2, 0.25) is 0 Å². The fraction of sp³-hybridized carbons (Fsp3) is 1.00. The van der Waals surface area contributed by atoms with E-state index in [-0.39, 0.29) is 6.10 Å². The first-order valence-electron chi connectivity index (χ1n) is 7.98. The summed E-state index contributed by atoms with van der Waals surface area (Å²) in [7, 11) is 0. The molecule has 0 radical (unpaired) electrons. The van der Waals surface area contributed by atoms with Gasteiger partial charge >= 0.3 is 0 Å². The summed E-state index contributed by atoms with van der Waals surface area (Å²) in [5.41, 5.74) is 0.915. The molecule has 18 heavy (non-hydrogen) atoms. The molecular weight excluding hydrogens is 222 g/mol. The summed E-state index contributed by atoms with van der Waals surface area (Å²) >= 11 is 0. The van der Waals surface area contributed by atoms with E-state index in [2.05, 4.69) is 18.7 Å². The summed E-state index contributed by atoms with van der Waals surface area (Å²) < 4.78 is 0. The number of aliphatic hydroxyl groups excluding tert-OH is 1. The van der Waals surface area contributed by atoms with E-state index in [1.54, 1.807) is 0 Å². The maximum Gasteiger partial charge on any atom is 0.0555 e. The van der Waals surface area contributed by atoms with Crippen molar-refractivity contribution in [3.63, 3.8) is 0 Å². The van der Waals surface area contributed by atoms with E-state index in [9.17, 15) is 5.11 Å². The molecule has 0 aromatic heterocycles. The Kier molecular flexibility index (Phi) is 3.22. The van der Waals surface area contributed by atoms with Crippen LogP contribution < -0.4 is 0 Å². The molecule has 3 rings (SSSR count). The van der Waals surface area contributed by atoms with Gasteiger partial charge in [0.05, 0.1) is 6.10 Å². The van der Waals surface area contributed by atoms with Crippen LogP contribution in [0.3, 0.4) is 0 Å². The molecule has 0 aromatic carbocycles. The number of aliphatic hydroxyl groups is 1. The normalized spacial score (nSPS) is 39.5. The monoisotopic (exact) mass is 251 g/mol. The summed E-state index contributed by atoms with van der Waals surface area (Å²) in [5, 5.41) is 10.1. The molecule has 3 aliphatic rings. The Hall–Kier alpha value is -0.0800. The number of nitrogens with zero attached hydrogens (tertiary/aromatic N) is 1. The molecule has 0 aromatic rings. The van der Waals surface area contributed by atoms with E-state index in [0.717, 1.165) is 12.8 Å². The SMILES string of the molecule is CC1(C)CCCN1C1CC(O)CCC12CCCC2. The lowest BCUT2D eigenvalue weighted by Crippen LogP contribution is -2.56. The van der Waals surface area contributed by atoms with Gasteiger partial charge in [-0.2, -0.15) is 0 Å². The lowest BCUT2D eigenvalue weighted by Gasteiger charge is -2.51. The summed E-state index contributed by atoms with van der Waals surface area (Å²) in [6, 6.07) is 0.654. The van der Waals surface area contributed by atoms with E-state index >= 15 is 0 Å². The van der Waals surface area contributed by atoms with Gasteiger partial charge in [-0.3, -0.25) is 4.90 Å². The Labute approximate surface area is 112 Å². The van der Waals surface area contributed by atoms with E-state index < -0.39 is 0 Å². The van der Waals surface area contributed by atoms with Crippen LogP contribution in [0.15, 0.2) is 0 Å². The van der Waals surface area contributed by atoms with Gasteiger partial charge in [-0.15, -0.1) is 0 Å². The highest BCUT2D eigenvalue weighted by Crippen LogP contribution is 2.53. The molecule has 3 fully saturated rings. The average molecular weight is 251 g/mol. The third-order valence-corrected chi connectivity index (χ3v) is 6.12. The second-order valence-corrected chi connectivity index (χ2v) is 7.62. The Balaban J connectivity index is 1.86. The molecule has 2 unspecified atom stereocenters. The van der Waals surface area contributed by atoms with Crippen LogP contribution >= 0.6 is 0 Å². The molecule has 2 aliphatic carbocycles. The second kappa shape index (κ2) is 4.49. The van der Waals surface area contributed by atoms with E-state index in [4.69, 9.17) is 0 Å². The van der Waals surface area contributed by atoms with Crippen molar-refractivity contribution in [2.45, 2.75) is 89.3 Å². The average Bonchev–Trinajstić information content (AvgIpc) is 2.90. The van der Waals surface area contributed by atoms with Crippen molar-refractivity contribution in [3.05, 3.63) is 0 Å². The highest BCUT2D eigenvalue weighted by atomic mass is 16.3. The van der Waals surface area contributed by atoms with Crippen molar-refractivity contribution in [2.24, 2.45) is 5.41 Å². The first-order chi connectivity index (χ1) is 8.54. The standard InChI is InChI=1S/C16H29NO/c1-15(2)7-5-11-17(15)14-12-13(18)6-10-16(14)8-3-4-9-16/h13-14,18H,3-12H2,1-2H3. The first-order valence-corrected chi connectivity index (χ1v) is 7.98. The molecule has 2 nitrogen and oxygen atoms in total. The Morgan fingerprint density at radius 3 is 2.33 bits per heavy atom. The third kappa shape index (κ3) is 2.02. The van der Waals surface area contributed by atoms with Gasteiger partial charge in [0, 0.05) is 11.6 Å². The molecule has 2 heteroatoms. The van der Waals surface area contributed by atoms with Crippen molar-refractivity contribution in [3.8, 4) is 0 Å². The first kappa shape index (κ1) is 12.9. The zero-order chi connectivity index (χ0) is 12.8. The number of hydrogen-bond acceptors (Lipinski definition) is 2. The van der Waals surface area contributed by atoms with E-state index in [1.165, 1.54) is 51.5 Å².